The van der Waals surface area contributed by atoms with E-state index in [0.717, 1.165) is 10.9 Å². The number of benzene rings is 2. The molecule has 0 aliphatic heterocycles. The topological polar surface area (TPSA) is 12.0 Å². The first-order chi connectivity index (χ1) is 10.2. The van der Waals surface area contributed by atoms with Crippen LogP contribution in [0.4, 0.5) is 8.78 Å². The highest BCUT2D eigenvalue weighted by Gasteiger charge is 2.17. The molecule has 1 heterocycles. The van der Waals surface area contributed by atoms with Gasteiger partial charge in [0, 0.05) is 15.6 Å². The van der Waals surface area contributed by atoms with Crippen LogP contribution in [0.5, 0.6) is 0 Å². The van der Waals surface area contributed by atoms with Gasteiger partial charge in [0.05, 0.1) is 0 Å². The molecule has 0 spiro atoms. The van der Waals surface area contributed by atoms with Gasteiger partial charge in [-0.25, -0.2) is 8.78 Å². The molecule has 1 atom stereocenters. The summed E-state index contributed by atoms with van der Waals surface area (Å²) in [6.07, 6.45) is 0.424. The zero-order valence-corrected chi connectivity index (χ0v) is 12.4. The Morgan fingerprint density at radius 3 is 2.67 bits per heavy atom. The molecule has 0 saturated carbocycles. The van der Waals surface area contributed by atoms with Crippen LogP contribution in [0.3, 0.4) is 0 Å². The molecule has 0 radical (unpaired) electrons. The lowest BCUT2D eigenvalue weighted by molar-refractivity contribution is 0.488. The van der Waals surface area contributed by atoms with Crippen molar-refractivity contribution in [3.8, 4) is 0 Å². The van der Waals surface area contributed by atoms with E-state index < -0.39 is 11.6 Å². The summed E-state index contributed by atoms with van der Waals surface area (Å²) >= 11 is 1.68. The number of likely N-dealkylation sites (N-methyl/N-ethyl adjacent to an activating group) is 1. The van der Waals surface area contributed by atoms with E-state index >= 15 is 0 Å². The van der Waals surface area contributed by atoms with Gasteiger partial charge in [-0.2, -0.15) is 0 Å². The highest BCUT2D eigenvalue weighted by molar-refractivity contribution is 7.19. The second-order valence-electron chi connectivity index (χ2n) is 4.94. The average Bonchev–Trinajstić information content (AvgIpc) is 2.92. The van der Waals surface area contributed by atoms with Crippen LogP contribution >= 0.6 is 11.3 Å². The summed E-state index contributed by atoms with van der Waals surface area (Å²) < 4.78 is 28.3. The predicted octanol–water partition coefficient (Wildman–Crippen LogP) is 4.68. The second kappa shape index (κ2) is 5.92. The lowest BCUT2D eigenvalue weighted by Crippen LogP contribution is -2.18. The summed E-state index contributed by atoms with van der Waals surface area (Å²) in [5.41, 5.74) is 0.395. The van der Waals surface area contributed by atoms with Crippen molar-refractivity contribution in [2.75, 3.05) is 7.05 Å². The number of thiophene rings is 1. The van der Waals surface area contributed by atoms with Gasteiger partial charge in [-0.15, -0.1) is 11.3 Å². The van der Waals surface area contributed by atoms with E-state index in [-0.39, 0.29) is 6.04 Å². The fourth-order valence-corrected chi connectivity index (χ4v) is 3.62. The number of rotatable bonds is 4. The van der Waals surface area contributed by atoms with Crippen LogP contribution in [-0.4, -0.2) is 7.05 Å². The van der Waals surface area contributed by atoms with E-state index in [1.165, 1.54) is 10.1 Å². The minimum Gasteiger partial charge on any atom is -0.312 e. The molecule has 0 amide bonds. The van der Waals surface area contributed by atoms with Crippen LogP contribution in [-0.2, 0) is 6.42 Å². The molecule has 0 aliphatic carbocycles. The zero-order chi connectivity index (χ0) is 14.8. The van der Waals surface area contributed by atoms with Crippen LogP contribution in [0.1, 0.15) is 16.5 Å². The maximum absolute atomic E-state index is 13.8. The van der Waals surface area contributed by atoms with Gasteiger partial charge in [-0.3, -0.25) is 0 Å². The van der Waals surface area contributed by atoms with E-state index in [0.29, 0.717) is 12.0 Å². The third-order valence-corrected chi connectivity index (χ3v) is 4.82. The summed E-state index contributed by atoms with van der Waals surface area (Å²) in [6.45, 7) is 0. The molecule has 0 fully saturated rings. The maximum atomic E-state index is 13.8. The normalized spacial score (nSPS) is 12.7. The molecule has 1 aromatic heterocycles. The molecule has 108 valence electrons. The summed E-state index contributed by atoms with van der Waals surface area (Å²) in [5, 5.41) is 4.37. The van der Waals surface area contributed by atoms with Crippen molar-refractivity contribution < 1.29 is 8.78 Å². The van der Waals surface area contributed by atoms with Crippen molar-refractivity contribution in [3.63, 3.8) is 0 Å². The highest BCUT2D eigenvalue weighted by atomic mass is 32.1. The Hall–Kier alpha value is -1.78. The Kier molecular flexibility index (Phi) is 3.99. The van der Waals surface area contributed by atoms with Crippen LogP contribution < -0.4 is 5.32 Å². The zero-order valence-electron chi connectivity index (χ0n) is 11.6. The fraction of sp³-hybridized carbons (Fsp3) is 0.176. The monoisotopic (exact) mass is 303 g/mol. The van der Waals surface area contributed by atoms with Crippen LogP contribution in [0, 0.1) is 11.6 Å². The van der Waals surface area contributed by atoms with Crippen molar-refractivity contribution in [1.82, 2.24) is 5.32 Å². The van der Waals surface area contributed by atoms with E-state index in [1.54, 1.807) is 23.5 Å². The first kappa shape index (κ1) is 14.2. The first-order valence-corrected chi connectivity index (χ1v) is 7.59. The van der Waals surface area contributed by atoms with Gasteiger partial charge in [0.25, 0.3) is 0 Å². The molecule has 3 rings (SSSR count). The largest absolute Gasteiger partial charge is 0.312 e. The van der Waals surface area contributed by atoms with Gasteiger partial charge in [-0.05, 0) is 42.6 Å². The van der Waals surface area contributed by atoms with Gasteiger partial charge in [0.1, 0.15) is 0 Å². The number of halogens is 2. The van der Waals surface area contributed by atoms with Gasteiger partial charge in [-0.1, -0.05) is 30.3 Å². The average molecular weight is 303 g/mol. The van der Waals surface area contributed by atoms with Gasteiger partial charge >= 0.3 is 0 Å². The lowest BCUT2D eigenvalue weighted by Gasteiger charge is -2.15. The third kappa shape index (κ3) is 2.82. The van der Waals surface area contributed by atoms with Crippen LogP contribution in [0.25, 0.3) is 10.1 Å². The lowest BCUT2D eigenvalue weighted by atomic mass is 10.0. The maximum Gasteiger partial charge on any atom is 0.162 e. The molecule has 21 heavy (non-hydrogen) atoms. The SMILES string of the molecule is CNC(Cc1cccc(F)c1F)c1cc2ccccc2s1. The molecule has 0 aliphatic rings. The van der Waals surface area contributed by atoms with Crippen molar-refractivity contribution in [2.45, 2.75) is 12.5 Å². The quantitative estimate of drug-likeness (QED) is 0.738. The Morgan fingerprint density at radius 1 is 1.10 bits per heavy atom. The highest BCUT2D eigenvalue weighted by Crippen LogP contribution is 2.31. The molecule has 0 bridgehead atoms. The third-order valence-electron chi connectivity index (χ3n) is 3.59. The number of hydrogen-bond acceptors (Lipinski definition) is 2. The molecular weight excluding hydrogens is 288 g/mol. The molecule has 0 saturated heterocycles. The van der Waals surface area contributed by atoms with E-state index in [1.807, 2.05) is 19.2 Å². The predicted molar refractivity (Wildman–Crippen MR) is 83.7 cm³/mol. The number of fused-ring (bicyclic) bond motifs is 1. The molecule has 1 nitrogen and oxygen atoms in total. The minimum atomic E-state index is -0.793. The van der Waals surface area contributed by atoms with Crippen molar-refractivity contribution >= 4 is 21.4 Å². The summed E-state index contributed by atoms with van der Waals surface area (Å²) in [7, 11) is 1.84. The van der Waals surface area contributed by atoms with Crippen LogP contribution in [0.2, 0.25) is 0 Å². The van der Waals surface area contributed by atoms with Crippen molar-refractivity contribution in [3.05, 3.63) is 70.6 Å². The molecule has 3 aromatic rings. The van der Waals surface area contributed by atoms with Crippen molar-refractivity contribution in [1.29, 1.82) is 0 Å². The van der Waals surface area contributed by atoms with Gasteiger partial charge in [0.2, 0.25) is 0 Å². The smallest absolute Gasteiger partial charge is 0.162 e. The minimum absolute atomic E-state index is 0.0290. The summed E-state index contributed by atoms with van der Waals surface area (Å²) in [4.78, 5) is 1.13. The Balaban J connectivity index is 1.93. The number of nitrogens with one attached hydrogen (secondary N) is 1. The second-order valence-corrected chi connectivity index (χ2v) is 6.06. The number of hydrogen-bond donors (Lipinski definition) is 1. The van der Waals surface area contributed by atoms with E-state index in [2.05, 4.69) is 23.5 Å². The first-order valence-electron chi connectivity index (χ1n) is 6.77. The molecule has 2 aromatic carbocycles. The molecular formula is C17H15F2NS. The Labute approximate surface area is 126 Å². The molecule has 1 N–H and O–H groups in total. The van der Waals surface area contributed by atoms with E-state index in [9.17, 15) is 8.78 Å². The summed E-state index contributed by atoms with van der Waals surface area (Å²) in [5.74, 6) is -1.54. The molecule has 1 unspecified atom stereocenters. The Morgan fingerprint density at radius 2 is 1.90 bits per heavy atom. The standard InChI is InChI=1S/C17H15F2NS/c1-20-14(9-12-6-4-7-13(18)17(12)19)16-10-11-5-2-3-8-15(11)21-16/h2-8,10,14,20H,9H2,1H3. The Bertz CT molecular complexity index is 733. The van der Waals surface area contributed by atoms with E-state index in [4.69, 9.17) is 0 Å². The molecule has 4 heteroatoms. The van der Waals surface area contributed by atoms with Gasteiger partial charge < -0.3 is 5.32 Å². The van der Waals surface area contributed by atoms with Crippen LogP contribution in [0.15, 0.2) is 48.5 Å². The van der Waals surface area contributed by atoms with Gasteiger partial charge in [0.15, 0.2) is 11.6 Å². The summed E-state index contributed by atoms with van der Waals surface area (Å²) in [6, 6.07) is 14.5. The van der Waals surface area contributed by atoms with Crippen molar-refractivity contribution in [2.24, 2.45) is 0 Å². The fourth-order valence-electron chi connectivity index (χ4n) is 2.45.